The van der Waals surface area contributed by atoms with Crippen molar-refractivity contribution in [1.29, 1.82) is 0 Å². The number of carbonyl (C=O) groups excluding carboxylic acids is 2. The molecule has 0 saturated heterocycles. The number of aromatic nitrogens is 10. The summed E-state index contributed by atoms with van der Waals surface area (Å²) in [7, 11) is -1.41. The molecule has 2 amide bonds. The number of nitrogens with one attached hydrogen (secondary N) is 2. The number of halogens is 1. The van der Waals surface area contributed by atoms with E-state index in [2.05, 4.69) is 73.6 Å². The van der Waals surface area contributed by atoms with Crippen molar-refractivity contribution in [1.82, 2.24) is 49.5 Å². The number of hydrogen-bond acceptors (Lipinski definition) is 14. The second-order valence-corrected chi connectivity index (χ2v) is 16.9. The van der Waals surface area contributed by atoms with Crippen LogP contribution in [0.5, 0.6) is 11.5 Å². The number of fused-ring (bicyclic) bond motifs is 10. The van der Waals surface area contributed by atoms with Gasteiger partial charge in [0.05, 0.1) is 24.3 Å². The van der Waals surface area contributed by atoms with Crippen molar-refractivity contribution < 1.29 is 29.1 Å². The number of anilines is 2. The number of carbonyl (C=O) groups is 2. The van der Waals surface area contributed by atoms with Crippen molar-refractivity contribution in [2.45, 2.75) is 52.6 Å². The molecule has 8 aromatic rings. The van der Waals surface area contributed by atoms with Gasteiger partial charge in [0.1, 0.15) is 47.2 Å². The molecule has 0 saturated carbocycles. The third kappa shape index (κ3) is 12.1. The highest BCUT2D eigenvalue weighted by Gasteiger charge is 2.19. The lowest BCUT2D eigenvalue weighted by atomic mass is 9.82. The molecule has 20 heteroatoms. The monoisotopic (exact) mass is 1020 g/mol. The highest BCUT2D eigenvalue weighted by molar-refractivity contribution is 14.1. The Kier molecular flexibility index (Phi) is 15.5. The first-order chi connectivity index (χ1) is 33.1. The van der Waals surface area contributed by atoms with E-state index in [0.29, 0.717) is 76.0 Å². The van der Waals surface area contributed by atoms with Crippen LogP contribution in [0.3, 0.4) is 0 Å². The summed E-state index contributed by atoms with van der Waals surface area (Å²) in [5, 5.41) is 39.4. The number of ether oxygens (including phenoxy) is 2. The molecule has 10 rings (SSSR count). The van der Waals surface area contributed by atoms with Crippen LogP contribution in [0.15, 0.2) is 122 Å². The van der Waals surface area contributed by atoms with E-state index in [9.17, 15) is 9.59 Å². The molecule has 0 unspecified atom stereocenters. The fourth-order valence-electron chi connectivity index (χ4n) is 7.08. The van der Waals surface area contributed by atoms with Crippen molar-refractivity contribution >= 4 is 58.6 Å². The maximum atomic E-state index is 13.2. The molecule has 4 bridgehead atoms. The topological polar surface area (TPSA) is 230 Å². The number of hydrogen-bond donors (Lipinski definition) is 4. The maximum absolute atomic E-state index is 13.2. The van der Waals surface area contributed by atoms with Crippen LogP contribution < -0.4 is 25.6 Å². The fraction of sp³-hybridized carbons (Fsp3) is 0.208. The SMILES string of the molecule is Cc1ccc(-c2ccc3c(c2)C(=O)Nc2cccc(n2)-c2nncn2CCCCO3)cn1.Cc1ccc(B(O)O)cn1.O=C1Nc2cccc(n2)-c2nncn2CCCCOc2ccc(I)cc21. The van der Waals surface area contributed by atoms with E-state index >= 15 is 0 Å². The van der Waals surface area contributed by atoms with Crippen molar-refractivity contribution in [2.75, 3.05) is 23.8 Å². The van der Waals surface area contributed by atoms with E-state index in [1.807, 2.05) is 95.8 Å². The van der Waals surface area contributed by atoms with E-state index in [4.69, 9.17) is 19.5 Å². The zero-order valence-corrected chi connectivity index (χ0v) is 39.3. The van der Waals surface area contributed by atoms with Gasteiger partial charge in [-0.1, -0.05) is 30.3 Å². The Bertz CT molecular complexity index is 3000. The van der Waals surface area contributed by atoms with E-state index < -0.39 is 7.12 Å². The van der Waals surface area contributed by atoms with Crippen LogP contribution in [0, 0.1) is 17.4 Å². The van der Waals surface area contributed by atoms with E-state index in [1.54, 1.807) is 43.1 Å². The molecule has 0 radical (unpaired) electrons. The van der Waals surface area contributed by atoms with Crippen molar-refractivity contribution in [3.63, 3.8) is 0 Å². The van der Waals surface area contributed by atoms with Gasteiger partial charge in [-0.3, -0.25) is 19.6 Å². The molecule has 2 aliphatic heterocycles. The molecule has 0 aliphatic carbocycles. The molecular formula is C48H46BIN12O6. The fourth-order valence-corrected chi connectivity index (χ4v) is 7.57. The highest BCUT2D eigenvalue weighted by Crippen LogP contribution is 2.29. The molecule has 2 aromatic carbocycles. The predicted octanol–water partition coefficient (Wildman–Crippen LogP) is 6.57. The molecule has 0 fully saturated rings. The molecule has 344 valence electrons. The normalized spacial score (nSPS) is 13.4. The van der Waals surface area contributed by atoms with Crippen LogP contribution in [0.1, 0.15) is 57.8 Å². The first kappa shape index (κ1) is 47.1. The summed E-state index contributed by atoms with van der Waals surface area (Å²) in [6, 6.07) is 29.4. The van der Waals surface area contributed by atoms with Crippen molar-refractivity contribution in [3.05, 3.63) is 148 Å². The number of benzene rings is 2. The summed E-state index contributed by atoms with van der Waals surface area (Å²) in [5.74, 6) is 2.86. The zero-order chi connectivity index (χ0) is 47.4. The van der Waals surface area contributed by atoms with Gasteiger partial charge < -0.3 is 39.3 Å². The highest BCUT2D eigenvalue weighted by atomic mass is 127. The third-order valence-electron chi connectivity index (χ3n) is 10.7. The summed E-state index contributed by atoms with van der Waals surface area (Å²) >= 11 is 2.18. The van der Waals surface area contributed by atoms with E-state index in [-0.39, 0.29) is 11.8 Å². The average molecular weight is 1020 g/mol. The Morgan fingerprint density at radius 1 is 0.618 bits per heavy atom. The molecule has 0 spiro atoms. The van der Waals surface area contributed by atoms with Crippen molar-refractivity contribution in [3.8, 4) is 45.7 Å². The third-order valence-corrected chi connectivity index (χ3v) is 11.3. The van der Waals surface area contributed by atoms with Crippen LogP contribution in [-0.4, -0.2) is 91.7 Å². The first-order valence-electron chi connectivity index (χ1n) is 21.8. The lowest BCUT2D eigenvalue weighted by molar-refractivity contribution is 0.101. The average Bonchev–Trinajstić information content (AvgIpc) is 4.02. The van der Waals surface area contributed by atoms with Gasteiger partial charge in [-0.25, -0.2) is 9.97 Å². The van der Waals surface area contributed by atoms with Gasteiger partial charge in [0.15, 0.2) is 11.6 Å². The molecule has 8 heterocycles. The Hall–Kier alpha value is -7.43. The van der Waals surface area contributed by atoms with Gasteiger partial charge in [-0.05, 0) is 134 Å². The number of amides is 2. The van der Waals surface area contributed by atoms with Gasteiger partial charge in [0.25, 0.3) is 11.8 Å². The summed E-state index contributed by atoms with van der Waals surface area (Å²) in [6.45, 7) is 6.37. The predicted molar refractivity (Wildman–Crippen MR) is 264 cm³/mol. The minimum atomic E-state index is -1.41. The maximum Gasteiger partial charge on any atom is 0.490 e. The minimum absolute atomic E-state index is 0.248. The summed E-state index contributed by atoms with van der Waals surface area (Å²) in [4.78, 5) is 43.3. The Balaban J connectivity index is 0.000000155. The van der Waals surface area contributed by atoms with E-state index in [1.165, 1.54) is 6.20 Å². The lowest BCUT2D eigenvalue weighted by Crippen LogP contribution is -2.29. The summed E-state index contributed by atoms with van der Waals surface area (Å²) < 4.78 is 16.8. The quantitative estimate of drug-likeness (QED) is 0.106. The number of nitrogens with zero attached hydrogens (tertiary/aromatic N) is 10. The first-order valence-corrected chi connectivity index (χ1v) is 22.9. The van der Waals surface area contributed by atoms with Crippen LogP contribution in [0.2, 0.25) is 0 Å². The number of pyridine rings is 4. The number of aryl methyl sites for hydroxylation is 4. The smallest absolute Gasteiger partial charge is 0.490 e. The van der Waals surface area contributed by atoms with Gasteiger partial charge in [0.2, 0.25) is 0 Å². The van der Waals surface area contributed by atoms with Gasteiger partial charge in [0, 0.05) is 51.5 Å². The van der Waals surface area contributed by atoms with Crippen molar-refractivity contribution in [2.24, 2.45) is 0 Å². The Morgan fingerprint density at radius 2 is 1.15 bits per heavy atom. The van der Waals surface area contributed by atoms with Gasteiger partial charge in [-0.15, -0.1) is 20.4 Å². The van der Waals surface area contributed by atoms with Crippen LogP contribution in [-0.2, 0) is 13.1 Å². The molecule has 6 aromatic heterocycles. The zero-order valence-electron chi connectivity index (χ0n) is 37.2. The molecule has 18 nitrogen and oxygen atoms in total. The van der Waals surface area contributed by atoms with Crippen LogP contribution in [0.4, 0.5) is 11.6 Å². The summed E-state index contributed by atoms with van der Waals surface area (Å²) in [5.41, 5.74) is 6.35. The molecule has 4 N–H and O–H groups in total. The van der Waals surface area contributed by atoms with Crippen LogP contribution in [0.25, 0.3) is 34.2 Å². The lowest BCUT2D eigenvalue weighted by Gasteiger charge is -2.15. The minimum Gasteiger partial charge on any atom is -0.493 e. The summed E-state index contributed by atoms with van der Waals surface area (Å²) in [6.07, 6.45) is 10.1. The molecule has 0 atom stereocenters. The molecule has 2 aliphatic rings. The second-order valence-electron chi connectivity index (χ2n) is 15.7. The van der Waals surface area contributed by atoms with E-state index in [0.717, 1.165) is 64.9 Å². The standard InChI is InChI=1S/C24H22N6O2.C18H16IN5O2.C6H8BNO2/c1-16-7-8-18(14-25-16)17-9-10-21-19(13-17)24(31)28-22-6-4-5-20(27-22)23-29-26-15-30(23)11-2-3-12-32-21;19-12-6-7-15-13(10-12)18(25)22-16-5-3-4-14(21-16)17-23-20-11-24(17)8-1-2-9-26-15;1-5-2-3-6(4-8-5)7(9)10/h4-10,13-15H,2-3,11-12H2,1H3,(H,27,28,31);3-7,10-11H,1-2,8-9H2,(H,21,22,25);2-4,9-10H,1H3. The number of rotatable bonds is 2. The Labute approximate surface area is 405 Å². The van der Waals surface area contributed by atoms with Gasteiger partial charge >= 0.3 is 7.12 Å². The molecular weight excluding hydrogens is 978 g/mol. The Morgan fingerprint density at radius 3 is 1.68 bits per heavy atom. The second kappa shape index (κ2) is 22.4. The molecule has 68 heavy (non-hydrogen) atoms. The van der Waals surface area contributed by atoms with Crippen LogP contribution >= 0.6 is 22.6 Å². The largest absolute Gasteiger partial charge is 0.493 e. The van der Waals surface area contributed by atoms with Gasteiger partial charge in [-0.2, -0.15) is 0 Å².